The number of hydrogen-bond acceptors (Lipinski definition) is 7. The summed E-state index contributed by atoms with van der Waals surface area (Å²) in [6, 6.07) is 4.44. The number of aryl methyl sites for hydroxylation is 1. The summed E-state index contributed by atoms with van der Waals surface area (Å²) in [5, 5.41) is 4.51. The Labute approximate surface area is 179 Å². The number of nitrogens with zero attached hydrogens (tertiary/aromatic N) is 2. The number of rotatable bonds is 10. The van der Waals surface area contributed by atoms with Crippen molar-refractivity contribution < 1.29 is 17.7 Å². The van der Waals surface area contributed by atoms with Crippen LogP contribution in [0, 0.1) is 12.8 Å². The van der Waals surface area contributed by atoms with Gasteiger partial charge in [0.05, 0.1) is 21.4 Å². The normalized spacial score (nSPS) is 12.9. The molecule has 0 aliphatic heterocycles. The average molecular weight is 469 g/mol. The highest BCUT2D eigenvalue weighted by Crippen LogP contribution is 2.32. The van der Waals surface area contributed by atoms with E-state index in [0.717, 1.165) is 18.5 Å². The van der Waals surface area contributed by atoms with E-state index in [1.165, 1.54) is 16.8 Å². The molecule has 0 saturated carbocycles. The SMILES string of the molecule is CCC(C)CNS(=O)(=O)c1cc(Cl)c(-n2nc(C)cc2NOOSC)cc1Cl. The monoisotopic (exact) mass is 468 g/mol. The van der Waals surface area contributed by atoms with E-state index in [2.05, 4.69) is 15.3 Å². The van der Waals surface area contributed by atoms with Crippen molar-refractivity contribution in [1.29, 1.82) is 0 Å². The highest BCUT2D eigenvalue weighted by atomic mass is 35.5. The molecule has 28 heavy (non-hydrogen) atoms. The van der Waals surface area contributed by atoms with Gasteiger partial charge in [-0.2, -0.15) is 5.10 Å². The number of anilines is 1. The van der Waals surface area contributed by atoms with Gasteiger partial charge in [0, 0.05) is 30.9 Å². The molecular weight excluding hydrogens is 447 g/mol. The maximum Gasteiger partial charge on any atom is 0.242 e. The number of aromatic nitrogens is 2. The van der Waals surface area contributed by atoms with Crippen LogP contribution in [0.2, 0.25) is 10.0 Å². The standard InChI is InChI=1S/C16H22Cl2N4O4S2/c1-5-10(2)9-19-28(23,24)15-8-12(17)14(7-13(15)18)22-16(6-11(3)20-22)21-25-26-27-4/h6-8,10,19,21H,5,9H2,1-4H3. The summed E-state index contributed by atoms with van der Waals surface area (Å²) in [5.74, 6) is 0.627. The van der Waals surface area contributed by atoms with Crippen molar-refractivity contribution in [3.8, 4) is 5.69 Å². The van der Waals surface area contributed by atoms with E-state index >= 15 is 0 Å². The van der Waals surface area contributed by atoms with E-state index in [9.17, 15) is 8.42 Å². The Kier molecular flexibility index (Phi) is 8.44. The Morgan fingerprint density at radius 1 is 1.29 bits per heavy atom. The molecule has 0 fully saturated rings. The fraction of sp³-hybridized carbons (Fsp3) is 0.438. The van der Waals surface area contributed by atoms with Crippen LogP contribution in [0.3, 0.4) is 0 Å². The lowest BCUT2D eigenvalue weighted by atomic mass is 10.1. The van der Waals surface area contributed by atoms with Gasteiger partial charge < -0.3 is 0 Å². The predicted molar refractivity (Wildman–Crippen MR) is 112 cm³/mol. The molecule has 0 spiro atoms. The summed E-state index contributed by atoms with van der Waals surface area (Å²) in [4.78, 5) is 4.74. The second kappa shape index (κ2) is 10.1. The third kappa shape index (κ3) is 5.76. The summed E-state index contributed by atoms with van der Waals surface area (Å²) in [6.45, 7) is 6.04. The minimum Gasteiger partial charge on any atom is -0.216 e. The minimum atomic E-state index is -3.80. The van der Waals surface area contributed by atoms with Gasteiger partial charge in [0.15, 0.2) is 5.82 Å². The molecule has 0 aliphatic rings. The van der Waals surface area contributed by atoms with Crippen molar-refractivity contribution in [2.75, 3.05) is 18.3 Å². The van der Waals surface area contributed by atoms with Gasteiger partial charge in [-0.1, -0.05) is 43.5 Å². The molecule has 0 amide bonds. The van der Waals surface area contributed by atoms with Crippen molar-refractivity contribution in [2.45, 2.75) is 32.1 Å². The highest BCUT2D eigenvalue weighted by molar-refractivity contribution is 7.93. The lowest BCUT2D eigenvalue weighted by molar-refractivity contribution is -0.161. The lowest BCUT2D eigenvalue weighted by Gasteiger charge is -2.15. The molecule has 0 radical (unpaired) electrons. The van der Waals surface area contributed by atoms with Gasteiger partial charge in [0.25, 0.3) is 0 Å². The van der Waals surface area contributed by atoms with Crippen molar-refractivity contribution >= 4 is 51.1 Å². The molecule has 0 bridgehead atoms. The summed E-state index contributed by atoms with van der Waals surface area (Å²) in [5.41, 5.74) is 3.65. The molecule has 0 saturated heterocycles. The average Bonchev–Trinajstić information content (AvgIpc) is 3.01. The summed E-state index contributed by atoms with van der Waals surface area (Å²) in [6.07, 6.45) is 2.54. The second-order valence-corrected chi connectivity index (χ2v) is 9.12. The van der Waals surface area contributed by atoms with Gasteiger partial charge in [-0.3, -0.25) is 0 Å². The van der Waals surface area contributed by atoms with Gasteiger partial charge >= 0.3 is 0 Å². The van der Waals surface area contributed by atoms with Crippen LogP contribution in [0.25, 0.3) is 5.69 Å². The lowest BCUT2D eigenvalue weighted by Crippen LogP contribution is -2.28. The van der Waals surface area contributed by atoms with E-state index in [1.807, 2.05) is 13.8 Å². The maximum atomic E-state index is 12.6. The molecular formula is C16H22Cl2N4O4S2. The number of nitrogens with one attached hydrogen (secondary N) is 2. The van der Waals surface area contributed by atoms with Crippen molar-refractivity contribution in [2.24, 2.45) is 5.92 Å². The summed E-state index contributed by atoms with van der Waals surface area (Å²) >= 11 is 13.6. The molecule has 8 nitrogen and oxygen atoms in total. The van der Waals surface area contributed by atoms with Crippen LogP contribution in [-0.2, 0) is 19.3 Å². The minimum absolute atomic E-state index is 0.0245. The van der Waals surface area contributed by atoms with Crippen LogP contribution in [0.4, 0.5) is 5.82 Å². The smallest absolute Gasteiger partial charge is 0.216 e. The fourth-order valence-corrected chi connectivity index (χ4v) is 4.33. The fourth-order valence-electron chi connectivity index (χ4n) is 2.21. The van der Waals surface area contributed by atoms with Crippen LogP contribution in [0.15, 0.2) is 23.1 Å². The zero-order valence-electron chi connectivity index (χ0n) is 15.8. The number of hydrogen-bond donors (Lipinski definition) is 2. The first-order chi connectivity index (χ1) is 13.2. The van der Waals surface area contributed by atoms with Crippen LogP contribution in [0.5, 0.6) is 0 Å². The maximum absolute atomic E-state index is 12.6. The molecule has 1 aromatic carbocycles. The van der Waals surface area contributed by atoms with Gasteiger partial charge in [-0.05, 0) is 25.0 Å². The highest BCUT2D eigenvalue weighted by Gasteiger charge is 2.22. The van der Waals surface area contributed by atoms with Crippen molar-refractivity contribution in [1.82, 2.24) is 14.5 Å². The van der Waals surface area contributed by atoms with Gasteiger partial charge in [0.1, 0.15) is 4.90 Å². The summed E-state index contributed by atoms with van der Waals surface area (Å²) < 4.78 is 33.9. The molecule has 0 aliphatic carbocycles. The van der Waals surface area contributed by atoms with Crippen LogP contribution in [-0.4, -0.2) is 31.0 Å². The zero-order valence-corrected chi connectivity index (χ0v) is 19.0. The Morgan fingerprint density at radius 3 is 2.64 bits per heavy atom. The molecule has 2 N–H and O–H groups in total. The van der Waals surface area contributed by atoms with Crippen LogP contribution >= 0.6 is 35.2 Å². The molecule has 1 unspecified atom stereocenters. The van der Waals surface area contributed by atoms with E-state index in [4.69, 9.17) is 32.5 Å². The first-order valence-electron chi connectivity index (χ1n) is 8.37. The molecule has 1 heterocycles. The topological polar surface area (TPSA) is 94.5 Å². The molecule has 1 aromatic heterocycles. The van der Waals surface area contributed by atoms with E-state index in [1.54, 1.807) is 19.2 Å². The third-order valence-electron chi connectivity index (χ3n) is 3.92. The van der Waals surface area contributed by atoms with Crippen molar-refractivity contribution in [3.63, 3.8) is 0 Å². The Bertz CT molecular complexity index is 922. The number of halogens is 2. The van der Waals surface area contributed by atoms with E-state index in [0.29, 0.717) is 23.7 Å². The van der Waals surface area contributed by atoms with Crippen molar-refractivity contribution in [3.05, 3.63) is 33.9 Å². The van der Waals surface area contributed by atoms with Gasteiger partial charge in [0.2, 0.25) is 10.0 Å². The molecule has 156 valence electrons. The third-order valence-corrected chi connectivity index (χ3v) is 6.31. The molecule has 2 rings (SSSR count). The van der Waals surface area contributed by atoms with E-state index < -0.39 is 10.0 Å². The first kappa shape index (κ1) is 23.3. The van der Waals surface area contributed by atoms with Gasteiger partial charge in [-0.15, -0.1) is 9.32 Å². The number of benzene rings is 1. The largest absolute Gasteiger partial charge is 0.242 e. The predicted octanol–water partition coefficient (Wildman–Crippen LogP) is 4.37. The molecule has 2 aromatic rings. The second-order valence-electron chi connectivity index (χ2n) is 6.10. The quantitative estimate of drug-likeness (QED) is 0.231. The van der Waals surface area contributed by atoms with Gasteiger partial charge in [-0.25, -0.2) is 23.3 Å². The van der Waals surface area contributed by atoms with E-state index in [-0.39, 0.29) is 20.9 Å². The Hall–Kier alpha value is -1.01. The number of sulfonamides is 1. The van der Waals surface area contributed by atoms with Crippen LogP contribution < -0.4 is 10.2 Å². The molecule has 1 atom stereocenters. The molecule has 12 heteroatoms. The zero-order chi connectivity index (χ0) is 20.9. The first-order valence-corrected chi connectivity index (χ1v) is 11.8. The Morgan fingerprint density at radius 2 is 2.00 bits per heavy atom. The van der Waals surface area contributed by atoms with Crippen LogP contribution in [0.1, 0.15) is 26.0 Å². The summed E-state index contributed by atoms with van der Waals surface area (Å²) in [7, 11) is -3.80. The Balaban J connectivity index is 2.37.